The summed E-state index contributed by atoms with van der Waals surface area (Å²) in [6.45, 7) is 8.33. The van der Waals surface area contributed by atoms with Gasteiger partial charge in [-0.3, -0.25) is 5.10 Å². The van der Waals surface area contributed by atoms with E-state index in [1.807, 2.05) is 12.1 Å². The highest BCUT2D eigenvalue weighted by molar-refractivity contribution is 14.0. The summed E-state index contributed by atoms with van der Waals surface area (Å²) in [6.07, 6.45) is 6.47. The zero-order chi connectivity index (χ0) is 18.4. The Morgan fingerprint density at radius 1 is 1.30 bits per heavy atom. The summed E-state index contributed by atoms with van der Waals surface area (Å²) < 4.78 is 0. The van der Waals surface area contributed by atoms with E-state index in [-0.39, 0.29) is 24.0 Å². The number of aromatic amines is 1. The number of aromatic nitrogens is 3. The first kappa shape index (κ1) is 21.7. The van der Waals surface area contributed by atoms with E-state index in [4.69, 9.17) is 4.99 Å². The van der Waals surface area contributed by atoms with Crippen molar-refractivity contribution in [2.24, 2.45) is 10.4 Å². The number of aliphatic imine (C=N–C) groups is 1. The first-order chi connectivity index (χ1) is 12.6. The SMILES string of the molecule is CCNC(=NCc1cccc(-c2ncn[nH]2)c1)NC1CCC(C)(C)CC1.I. The Morgan fingerprint density at radius 3 is 2.74 bits per heavy atom. The summed E-state index contributed by atoms with van der Waals surface area (Å²) in [4.78, 5) is 9.00. The molecular formula is C20H31IN6. The Balaban J connectivity index is 0.00000261. The average molecular weight is 482 g/mol. The minimum Gasteiger partial charge on any atom is -0.357 e. The molecule has 1 heterocycles. The third-order valence-electron chi connectivity index (χ3n) is 5.06. The summed E-state index contributed by atoms with van der Waals surface area (Å²) in [5.74, 6) is 1.69. The van der Waals surface area contributed by atoms with Gasteiger partial charge in [0.1, 0.15) is 6.33 Å². The van der Waals surface area contributed by atoms with Crippen molar-refractivity contribution in [2.75, 3.05) is 6.54 Å². The predicted octanol–water partition coefficient (Wildman–Crippen LogP) is 4.11. The zero-order valence-corrected chi connectivity index (χ0v) is 18.8. The van der Waals surface area contributed by atoms with E-state index in [1.54, 1.807) is 0 Å². The van der Waals surface area contributed by atoms with Crippen molar-refractivity contribution in [3.05, 3.63) is 36.2 Å². The van der Waals surface area contributed by atoms with Gasteiger partial charge in [-0.2, -0.15) is 5.10 Å². The van der Waals surface area contributed by atoms with Gasteiger partial charge in [-0.1, -0.05) is 32.0 Å². The van der Waals surface area contributed by atoms with Crippen LogP contribution in [0.4, 0.5) is 0 Å². The Hall–Kier alpha value is -1.64. The molecule has 1 saturated carbocycles. The number of guanidine groups is 1. The van der Waals surface area contributed by atoms with Gasteiger partial charge < -0.3 is 10.6 Å². The van der Waals surface area contributed by atoms with Crippen LogP contribution in [0.2, 0.25) is 0 Å². The molecule has 1 aliphatic rings. The highest BCUT2D eigenvalue weighted by Gasteiger charge is 2.27. The van der Waals surface area contributed by atoms with Gasteiger partial charge in [-0.05, 0) is 49.7 Å². The molecule has 0 bridgehead atoms. The number of benzene rings is 1. The van der Waals surface area contributed by atoms with E-state index in [9.17, 15) is 0 Å². The van der Waals surface area contributed by atoms with E-state index in [0.29, 0.717) is 18.0 Å². The second kappa shape index (κ2) is 10.1. The average Bonchev–Trinajstić information content (AvgIpc) is 3.17. The lowest BCUT2D eigenvalue weighted by molar-refractivity contribution is 0.216. The normalized spacial score (nSPS) is 17.2. The van der Waals surface area contributed by atoms with E-state index < -0.39 is 0 Å². The van der Waals surface area contributed by atoms with Crippen LogP contribution in [0.1, 0.15) is 52.0 Å². The molecular weight excluding hydrogens is 451 g/mol. The standard InChI is InChI=1S/C20H30N6.HI/c1-4-21-19(25-17-8-10-20(2,3)11-9-17)22-13-15-6-5-7-16(12-15)18-23-14-24-26-18;/h5-7,12,14,17H,4,8-11,13H2,1-3H3,(H2,21,22,25)(H,23,24,26);1H. The van der Waals surface area contributed by atoms with E-state index >= 15 is 0 Å². The van der Waals surface area contributed by atoms with Crippen LogP contribution in [0.15, 0.2) is 35.6 Å². The number of hydrogen-bond acceptors (Lipinski definition) is 3. The van der Waals surface area contributed by atoms with Crippen LogP contribution >= 0.6 is 24.0 Å². The minimum atomic E-state index is 0. The maximum absolute atomic E-state index is 4.78. The maximum atomic E-state index is 4.78. The quantitative estimate of drug-likeness (QED) is 0.341. The maximum Gasteiger partial charge on any atom is 0.191 e. The molecule has 0 aliphatic heterocycles. The molecule has 0 saturated heterocycles. The zero-order valence-electron chi connectivity index (χ0n) is 16.5. The van der Waals surface area contributed by atoms with Gasteiger partial charge in [0.15, 0.2) is 11.8 Å². The molecule has 3 rings (SSSR count). The van der Waals surface area contributed by atoms with Crippen LogP contribution in [0.5, 0.6) is 0 Å². The van der Waals surface area contributed by atoms with Crippen molar-refractivity contribution >= 4 is 29.9 Å². The number of H-pyrrole nitrogens is 1. The number of nitrogens with one attached hydrogen (secondary N) is 3. The number of nitrogens with zero attached hydrogens (tertiary/aromatic N) is 3. The van der Waals surface area contributed by atoms with Gasteiger partial charge in [0.25, 0.3) is 0 Å². The van der Waals surface area contributed by atoms with Gasteiger partial charge in [-0.25, -0.2) is 9.98 Å². The molecule has 3 N–H and O–H groups in total. The van der Waals surface area contributed by atoms with Gasteiger partial charge in [0.2, 0.25) is 0 Å². The molecule has 148 valence electrons. The lowest BCUT2D eigenvalue weighted by Gasteiger charge is -2.35. The van der Waals surface area contributed by atoms with Gasteiger partial charge in [-0.15, -0.1) is 24.0 Å². The predicted molar refractivity (Wildman–Crippen MR) is 121 cm³/mol. The summed E-state index contributed by atoms with van der Waals surface area (Å²) in [5.41, 5.74) is 2.66. The Labute approximate surface area is 179 Å². The third kappa shape index (κ3) is 6.48. The fourth-order valence-corrected chi connectivity index (χ4v) is 3.39. The molecule has 6 nitrogen and oxygen atoms in total. The van der Waals surface area contributed by atoms with Crippen LogP contribution in [0.3, 0.4) is 0 Å². The van der Waals surface area contributed by atoms with Gasteiger partial charge in [0.05, 0.1) is 6.54 Å². The topological polar surface area (TPSA) is 78.0 Å². The first-order valence-electron chi connectivity index (χ1n) is 9.55. The summed E-state index contributed by atoms with van der Waals surface area (Å²) in [6, 6.07) is 8.78. The van der Waals surface area contributed by atoms with Crippen molar-refractivity contribution in [1.29, 1.82) is 0 Å². The fraction of sp³-hybridized carbons (Fsp3) is 0.550. The lowest BCUT2D eigenvalue weighted by Crippen LogP contribution is -2.45. The van der Waals surface area contributed by atoms with Crippen LogP contribution < -0.4 is 10.6 Å². The summed E-state index contributed by atoms with van der Waals surface area (Å²) in [7, 11) is 0. The first-order valence-corrected chi connectivity index (χ1v) is 9.55. The lowest BCUT2D eigenvalue weighted by atomic mass is 9.75. The van der Waals surface area contributed by atoms with E-state index in [1.165, 1.54) is 32.0 Å². The van der Waals surface area contributed by atoms with Crippen LogP contribution in [0.25, 0.3) is 11.4 Å². The fourth-order valence-electron chi connectivity index (χ4n) is 3.39. The molecule has 0 unspecified atom stereocenters. The molecule has 1 aliphatic carbocycles. The molecule has 7 heteroatoms. The number of hydrogen-bond donors (Lipinski definition) is 3. The number of rotatable bonds is 5. The molecule has 0 amide bonds. The Morgan fingerprint density at radius 2 is 2.07 bits per heavy atom. The monoisotopic (exact) mass is 482 g/mol. The molecule has 1 fully saturated rings. The van der Waals surface area contributed by atoms with E-state index in [0.717, 1.165) is 29.5 Å². The highest BCUT2D eigenvalue weighted by atomic mass is 127. The van der Waals surface area contributed by atoms with Crippen LogP contribution in [-0.4, -0.2) is 33.7 Å². The molecule has 1 aromatic carbocycles. The van der Waals surface area contributed by atoms with E-state index in [2.05, 4.69) is 58.7 Å². The van der Waals surface area contributed by atoms with Crippen molar-refractivity contribution in [2.45, 2.75) is 59.0 Å². The van der Waals surface area contributed by atoms with Crippen molar-refractivity contribution < 1.29 is 0 Å². The molecule has 1 aromatic heterocycles. The van der Waals surface area contributed by atoms with Crippen LogP contribution in [0, 0.1) is 5.41 Å². The molecule has 0 spiro atoms. The Kier molecular flexibility index (Phi) is 8.07. The highest BCUT2D eigenvalue weighted by Crippen LogP contribution is 2.34. The second-order valence-corrected chi connectivity index (χ2v) is 7.81. The van der Waals surface area contributed by atoms with Crippen molar-refractivity contribution in [3.8, 4) is 11.4 Å². The Bertz CT molecular complexity index is 716. The molecule has 0 atom stereocenters. The molecule has 27 heavy (non-hydrogen) atoms. The van der Waals surface area contributed by atoms with Crippen molar-refractivity contribution in [1.82, 2.24) is 25.8 Å². The summed E-state index contributed by atoms with van der Waals surface area (Å²) in [5, 5.41) is 13.8. The van der Waals surface area contributed by atoms with Gasteiger partial charge in [0, 0.05) is 18.2 Å². The van der Waals surface area contributed by atoms with Crippen LogP contribution in [-0.2, 0) is 6.54 Å². The number of halogens is 1. The molecule has 2 aromatic rings. The molecule has 0 radical (unpaired) electrons. The van der Waals surface area contributed by atoms with Crippen molar-refractivity contribution in [3.63, 3.8) is 0 Å². The van der Waals surface area contributed by atoms with Gasteiger partial charge >= 0.3 is 0 Å². The summed E-state index contributed by atoms with van der Waals surface area (Å²) >= 11 is 0. The smallest absolute Gasteiger partial charge is 0.191 e. The third-order valence-corrected chi connectivity index (χ3v) is 5.06. The second-order valence-electron chi connectivity index (χ2n) is 7.81. The largest absolute Gasteiger partial charge is 0.357 e. The minimum absolute atomic E-state index is 0.